The van der Waals surface area contributed by atoms with E-state index in [-0.39, 0.29) is 11.9 Å². The lowest BCUT2D eigenvalue weighted by atomic mass is 10.0. The number of carbonyl (C=O) groups is 1. The second-order valence-corrected chi connectivity index (χ2v) is 5.52. The Morgan fingerprint density at radius 2 is 2.19 bits per heavy atom. The number of benzene rings is 1. The van der Waals surface area contributed by atoms with Crippen LogP contribution in [0, 0.1) is 0 Å². The molecule has 2 aromatic rings. The Balaban J connectivity index is 2.02. The Bertz CT molecular complexity index is 688. The fraction of sp³-hybridized carbons (Fsp3) is 0.250. The highest BCUT2D eigenvalue weighted by Crippen LogP contribution is 2.36. The predicted octanol–water partition coefficient (Wildman–Crippen LogP) is 3.00. The molecule has 2 heterocycles. The maximum atomic E-state index is 12.5. The molecule has 0 fully saturated rings. The van der Waals surface area contributed by atoms with E-state index in [0.717, 1.165) is 16.8 Å². The van der Waals surface area contributed by atoms with Crippen molar-refractivity contribution in [3.8, 4) is 0 Å². The third kappa shape index (κ3) is 2.25. The zero-order valence-electron chi connectivity index (χ0n) is 11.8. The monoisotopic (exact) mass is 301 g/mol. The zero-order chi connectivity index (χ0) is 15.0. The summed E-state index contributed by atoms with van der Waals surface area (Å²) in [7, 11) is 1.86. The van der Waals surface area contributed by atoms with Gasteiger partial charge in [0.15, 0.2) is 0 Å². The van der Waals surface area contributed by atoms with Crippen molar-refractivity contribution in [3.05, 3.63) is 65.0 Å². The summed E-state index contributed by atoms with van der Waals surface area (Å²) in [5.41, 5.74) is 2.74. The molecule has 21 heavy (non-hydrogen) atoms. The summed E-state index contributed by atoms with van der Waals surface area (Å²) in [4.78, 5) is 14.4. The van der Waals surface area contributed by atoms with E-state index in [1.165, 1.54) is 0 Å². The number of fused-ring (bicyclic) bond motifs is 1. The number of hydrogen-bond acceptors (Lipinski definition) is 2. The smallest absolute Gasteiger partial charge is 0.255 e. The van der Waals surface area contributed by atoms with Gasteiger partial charge in [-0.15, -0.1) is 6.58 Å². The van der Waals surface area contributed by atoms with Crippen LogP contribution in [0.15, 0.2) is 43.1 Å². The van der Waals surface area contributed by atoms with Gasteiger partial charge in [0, 0.05) is 25.6 Å². The fourth-order valence-electron chi connectivity index (χ4n) is 2.86. The highest BCUT2D eigenvalue weighted by Gasteiger charge is 2.36. The lowest BCUT2D eigenvalue weighted by Gasteiger charge is -2.24. The summed E-state index contributed by atoms with van der Waals surface area (Å²) in [6.45, 7) is 4.27. The van der Waals surface area contributed by atoms with E-state index in [2.05, 4.69) is 11.7 Å². The molecule has 5 heteroatoms. The van der Waals surface area contributed by atoms with Gasteiger partial charge in [0.1, 0.15) is 0 Å². The van der Waals surface area contributed by atoms with E-state index in [1.807, 2.05) is 36.2 Å². The van der Waals surface area contributed by atoms with Gasteiger partial charge in [-0.2, -0.15) is 5.10 Å². The lowest BCUT2D eigenvalue weighted by molar-refractivity contribution is 0.0746. The number of hydrogen-bond donors (Lipinski definition) is 0. The van der Waals surface area contributed by atoms with Crippen LogP contribution in [-0.2, 0) is 13.5 Å². The SMILES string of the molecule is C=CCN1C(=O)c2ccccc2C1Cc1c(Cl)cnn1C. The van der Waals surface area contributed by atoms with E-state index in [1.54, 1.807) is 17.0 Å². The van der Waals surface area contributed by atoms with Crippen molar-refractivity contribution < 1.29 is 4.79 Å². The van der Waals surface area contributed by atoms with E-state index < -0.39 is 0 Å². The number of amides is 1. The summed E-state index contributed by atoms with van der Waals surface area (Å²) < 4.78 is 1.76. The third-order valence-electron chi connectivity index (χ3n) is 3.91. The molecule has 1 aromatic heterocycles. The second-order valence-electron chi connectivity index (χ2n) is 5.12. The number of carbonyl (C=O) groups excluding carboxylic acids is 1. The molecule has 1 atom stereocenters. The van der Waals surface area contributed by atoms with Crippen molar-refractivity contribution in [2.45, 2.75) is 12.5 Å². The molecule has 1 amide bonds. The van der Waals surface area contributed by atoms with E-state index in [0.29, 0.717) is 18.0 Å². The van der Waals surface area contributed by atoms with Crippen LogP contribution in [0.5, 0.6) is 0 Å². The van der Waals surface area contributed by atoms with Crippen LogP contribution in [0.4, 0.5) is 0 Å². The molecule has 0 saturated carbocycles. The molecule has 0 aliphatic carbocycles. The van der Waals surface area contributed by atoms with Crippen molar-refractivity contribution in [2.24, 2.45) is 7.05 Å². The highest BCUT2D eigenvalue weighted by molar-refractivity contribution is 6.31. The molecule has 1 aromatic carbocycles. The molecule has 0 spiro atoms. The summed E-state index contributed by atoms with van der Waals surface area (Å²) in [6.07, 6.45) is 4.03. The molecule has 1 aliphatic heterocycles. The van der Waals surface area contributed by atoms with Crippen LogP contribution in [0.25, 0.3) is 0 Å². The van der Waals surface area contributed by atoms with Gasteiger partial charge in [-0.25, -0.2) is 0 Å². The average molecular weight is 302 g/mol. The quantitative estimate of drug-likeness (QED) is 0.814. The van der Waals surface area contributed by atoms with Crippen LogP contribution < -0.4 is 0 Å². The first-order chi connectivity index (χ1) is 10.1. The molecule has 4 nitrogen and oxygen atoms in total. The molecule has 0 radical (unpaired) electrons. The molecule has 108 valence electrons. The van der Waals surface area contributed by atoms with Gasteiger partial charge >= 0.3 is 0 Å². The van der Waals surface area contributed by atoms with Crippen molar-refractivity contribution in [2.75, 3.05) is 6.54 Å². The number of rotatable bonds is 4. The highest BCUT2D eigenvalue weighted by atomic mass is 35.5. The summed E-state index contributed by atoms with van der Waals surface area (Å²) in [6, 6.07) is 7.70. The summed E-state index contributed by atoms with van der Waals surface area (Å²) in [5.74, 6) is 0.0498. The normalized spacial score (nSPS) is 17.1. The van der Waals surface area contributed by atoms with Crippen LogP contribution >= 0.6 is 11.6 Å². The molecular formula is C16H16ClN3O. The number of nitrogens with zero attached hydrogens (tertiary/aromatic N) is 3. The summed E-state index contributed by atoms with van der Waals surface area (Å²) >= 11 is 6.20. The van der Waals surface area contributed by atoms with Crippen molar-refractivity contribution >= 4 is 17.5 Å². The predicted molar refractivity (Wildman–Crippen MR) is 82.3 cm³/mol. The van der Waals surface area contributed by atoms with Gasteiger partial charge in [-0.1, -0.05) is 35.9 Å². The molecule has 0 saturated heterocycles. The van der Waals surface area contributed by atoms with E-state index in [9.17, 15) is 4.79 Å². The number of halogens is 1. The number of aryl methyl sites for hydroxylation is 1. The van der Waals surface area contributed by atoms with Gasteiger partial charge in [0.25, 0.3) is 5.91 Å². The first-order valence-corrected chi connectivity index (χ1v) is 7.18. The molecule has 0 N–H and O–H groups in total. The third-order valence-corrected chi connectivity index (χ3v) is 4.23. The Morgan fingerprint density at radius 3 is 2.86 bits per heavy atom. The minimum absolute atomic E-state index is 0.0281. The van der Waals surface area contributed by atoms with Crippen LogP contribution in [0.2, 0.25) is 5.02 Å². The van der Waals surface area contributed by atoms with Gasteiger partial charge in [-0.05, 0) is 11.6 Å². The van der Waals surface area contributed by atoms with Crippen LogP contribution in [-0.4, -0.2) is 27.1 Å². The van der Waals surface area contributed by atoms with Gasteiger partial charge < -0.3 is 4.90 Å². The van der Waals surface area contributed by atoms with E-state index >= 15 is 0 Å². The molecule has 0 bridgehead atoms. The van der Waals surface area contributed by atoms with Crippen LogP contribution in [0.3, 0.4) is 0 Å². The molecule has 1 aliphatic rings. The minimum atomic E-state index is -0.0281. The first kappa shape index (κ1) is 13.9. The largest absolute Gasteiger partial charge is 0.327 e. The Kier molecular flexibility index (Phi) is 3.55. The van der Waals surface area contributed by atoms with Crippen LogP contribution in [0.1, 0.15) is 27.7 Å². The van der Waals surface area contributed by atoms with E-state index in [4.69, 9.17) is 11.6 Å². The molecular weight excluding hydrogens is 286 g/mol. The Morgan fingerprint density at radius 1 is 1.43 bits per heavy atom. The van der Waals surface area contributed by atoms with Gasteiger partial charge in [0.2, 0.25) is 0 Å². The lowest BCUT2D eigenvalue weighted by Crippen LogP contribution is -2.29. The zero-order valence-corrected chi connectivity index (χ0v) is 12.5. The maximum Gasteiger partial charge on any atom is 0.255 e. The average Bonchev–Trinajstić information content (AvgIpc) is 2.94. The minimum Gasteiger partial charge on any atom is -0.327 e. The van der Waals surface area contributed by atoms with Crippen molar-refractivity contribution in [1.29, 1.82) is 0 Å². The van der Waals surface area contributed by atoms with Gasteiger partial charge in [-0.3, -0.25) is 9.48 Å². The van der Waals surface area contributed by atoms with Crippen molar-refractivity contribution in [1.82, 2.24) is 14.7 Å². The Hall–Kier alpha value is -2.07. The van der Waals surface area contributed by atoms with Crippen molar-refractivity contribution in [3.63, 3.8) is 0 Å². The van der Waals surface area contributed by atoms with Gasteiger partial charge in [0.05, 0.1) is 23.0 Å². The first-order valence-electron chi connectivity index (χ1n) is 6.80. The standard InChI is InChI=1S/C16H16ClN3O/c1-3-8-20-14(9-15-13(17)10-18-19(15)2)11-6-4-5-7-12(11)16(20)21/h3-7,10,14H,1,8-9H2,2H3. The number of aromatic nitrogens is 2. The topological polar surface area (TPSA) is 38.1 Å². The summed E-state index contributed by atoms with van der Waals surface area (Å²) in [5, 5.41) is 4.80. The second kappa shape index (κ2) is 5.37. The molecule has 1 unspecified atom stereocenters. The Labute approximate surface area is 128 Å². The maximum absolute atomic E-state index is 12.5. The fourth-order valence-corrected chi connectivity index (χ4v) is 3.11. The molecule has 3 rings (SSSR count).